The molecule has 21 heavy (non-hydrogen) atoms. The fraction of sp³-hybridized carbons (Fsp3) is 0.250. The molecule has 0 radical (unpaired) electrons. The Hall–Kier alpha value is -0.900. The molecule has 2 aliphatic heterocycles. The number of alkyl halides is 1. The molecule has 0 aromatic heterocycles. The summed E-state index contributed by atoms with van der Waals surface area (Å²) in [6.45, 7) is 2.51. The van der Waals surface area contributed by atoms with Crippen molar-refractivity contribution in [1.29, 1.82) is 0 Å². The molecule has 2 aliphatic rings. The SMILES string of the molecule is CC12Oc3ccc(Cl)cc3C1(Br)COc1ccc(Cl)cc12. The van der Waals surface area contributed by atoms with Crippen LogP contribution in [0.15, 0.2) is 36.4 Å². The molecule has 0 N–H and O–H groups in total. The van der Waals surface area contributed by atoms with E-state index in [-0.39, 0.29) is 0 Å². The van der Waals surface area contributed by atoms with Gasteiger partial charge in [-0.15, -0.1) is 0 Å². The first-order valence-corrected chi connectivity index (χ1v) is 8.10. The summed E-state index contributed by atoms with van der Waals surface area (Å²) in [5, 5.41) is 1.34. The van der Waals surface area contributed by atoms with Gasteiger partial charge in [-0.1, -0.05) is 39.1 Å². The van der Waals surface area contributed by atoms with E-state index >= 15 is 0 Å². The first-order valence-electron chi connectivity index (χ1n) is 6.55. The second-order valence-electron chi connectivity index (χ2n) is 5.51. The van der Waals surface area contributed by atoms with E-state index in [9.17, 15) is 0 Å². The van der Waals surface area contributed by atoms with Crippen LogP contribution in [-0.2, 0) is 9.93 Å². The first kappa shape index (κ1) is 13.7. The molecule has 2 nitrogen and oxygen atoms in total. The molecular weight excluding hydrogens is 375 g/mol. The maximum absolute atomic E-state index is 6.29. The van der Waals surface area contributed by atoms with E-state index in [0.717, 1.165) is 22.6 Å². The Kier molecular flexibility index (Phi) is 2.82. The summed E-state index contributed by atoms with van der Waals surface area (Å²) >= 11 is 16.2. The number of hydrogen-bond acceptors (Lipinski definition) is 2. The molecule has 0 saturated heterocycles. The zero-order valence-corrected chi connectivity index (χ0v) is 14.2. The van der Waals surface area contributed by atoms with E-state index in [2.05, 4.69) is 15.9 Å². The van der Waals surface area contributed by atoms with Gasteiger partial charge in [-0.25, -0.2) is 0 Å². The van der Waals surface area contributed by atoms with E-state index in [1.54, 1.807) is 0 Å². The lowest BCUT2D eigenvalue weighted by molar-refractivity contribution is 0.0306. The Morgan fingerprint density at radius 2 is 1.62 bits per heavy atom. The lowest BCUT2D eigenvalue weighted by atomic mass is 9.78. The van der Waals surface area contributed by atoms with E-state index in [0.29, 0.717) is 16.7 Å². The molecule has 2 unspecified atom stereocenters. The van der Waals surface area contributed by atoms with Crippen LogP contribution >= 0.6 is 39.1 Å². The number of ether oxygens (including phenoxy) is 2. The molecule has 0 fully saturated rings. The summed E-state index contributed by atoms with van der Waals surface area (Å²) in [4.78, 5) is 0. The van der Waals surface area contributed by atoms with Crippen molar-refractivity contribution in [2.24, 2.45) is 0 Å². The largest absolute Gasteiger partial charge is 0.491 e. The van der Waals surface area contributed by atoms with Crippen molar-refractivity contribution in [2.75, 3.05) is 6.61 Å². The van der Waals surface area contributed by atoms with Gasteiger partial charge in [0.1, 0.15) is 22.4 Å². The van der Waals surface area contributed by atoms with E-state index in [1.807, 2.05) is 43.3 Å². The van der Waals surface area contributed by atoms with Gasteiger partial charge in [0.05, 0.1) is 0 Å². The lowest BCUT2D eigenvalue weighted by Crippen LogP contribution is -2.49. The predicted octanol–water partition coefficient (Wildman–Crippen LogP) is 5.28. The van der Waals surface area contributed by atoms with Crippen molar-refractivity contribution in [2.45, 2.75) is 16.8 Å². The molecule has 108 valence electrons. The highest BCUT2D eigenvalue weighted by atomic mass is 79.9. The second-order valence-corrected chi connectivity index (χ2v) is 7.73. The van der Waals surface area contributed by atoms with E-state index < -0.39 is 9.93 Å². The topological polar surface area (TPSA) is 18.5 Å². The second kappa shape index (κ2) is 4.31. The molecule has 2 heterocycles. The van der Waals surface area contributed by atoms with Gasteiger partial charge in [-0.3, -0.25) is 0 Å². The zero-order chi connectivity index (χ0) is 14.8. The number of fused-ring (bicyclic) bond motifs is 5. The maximum Gasteiger partial charge on any atom is 0.158 e. The normalized spacial score (nSPS) is 29.0. The van der Waals surface area contributed by atoms with Gasteiger partial charge in [-0.05, 0) is 43.3 Å². The molecule has 0 amide bonds. The van der Waals surface area contributed by atoms with Crippen LogP contribution in [0.5, 0.6) is 11.5 Å². The van der Waals surface area contributed by atoms with Gasteiger partial charge in [0.25, 0.3) is 0 Å². The molecule has 0 saturated carbocycles. The summed E-state index contributed by atoms with van der Waals surface area (Å²) in [6, 6.07) is 11.3. The third kappa shape index (κ3) is 1.71. The molecular formula is C16H11BrCl2O2. The minimum Gasteiger partial charge on any atom is -0.491 e. The summed E-state index contributed by atoms with van der Waals surface area (Å²) in [7, 11) is 0. The smallest absolute Gasteiger partial charge is 0.158 e. The van der Waals surface area contributed by atoms with Gasteiger partial charge >= 0.3 is 0 Å². The Bertz CT molecular complexity index is 764. The van der Waals surface area contributed by atoms with E-state index in [4.69, 9.17) is 32.7 Å². The Labute approximate surface area is 141 Å². The van der Waals surface area contributed by atoms with Crippen LogP contribution in [0.2, 0.25) is 10.0 Å². The third-order valence-electron chi connectivity index (χ3n) is 4.32. The van der Waals surface area contributed by atoms with Gasteiger partial charge in [0, 0.05) is 21.2 Å². The fourth-order valence-corrected chi connectivity index (χ4v) is 4.18. The monoisotopic (exact) mass is 384 g/mol. The van der Waals surface area contributed by atoms with Gasteiger partial charge in [0.2, 0.25) is 0 Å². The predicted molar refractivity (Wildman–Crippen MR) is 87.0 cm³/mol. The van der Waals surface area contributed by atoms with Crippen molar-refractivity contribution in [3.63, 3.8) is 0 Å². The summed E-state index contributed by atoms with van der Waals surface area (Å²) in [5.74, 6) is 1.62. The zero-order valence-electron chi connectivity index (χ0n) is 11.1. The summed E-state index contributed by atoms with van der Waals surface area (Å²) in [5.41, 5.74) is 1.34. The quantitative estimate of drug-likeness (QED) is 0.574. The number of rotatable bonds is 0. The maximum atomic E-state index is 6.29. The minimum atomic E-state index is -0.599. The highest BCUT2D eigenvalue weighted by Crippen LogP contribution is 2.61. The van der Waals surface area contributed by atoms with Gasteiger partial charge < -0.3 is 9.47 Å². The highest BCUT2D eigenvalue weighted by molar-refractivity contribution is 9.09. The molecule has 4 rings (SSSR count). The molecule has 0 spiro atoms. The van der Waals surface area contributed by atoms with Crippen molar-refractivity contribution < 1.29 is 9.47 Å². The standard InChI is InChI=1S/C16H11BrCl2O2/c1-15-11-6-9(18)2-4-13(11)20-8-16(15,17)12-7-10(19)3-5-14(12)21-15/h2-7H,8H2,1H3. The van der Waals surface area contributed by atoms with Crippen molar-refractivity contribution in [3.05, 3.63) is 57.6 Å². The minimum absolute atomic E-state index is 0.464. The Morgan fingerprint density at radius 3 is 2.33 bits per heavy atom. The molecule has 2 aromatic rings. The van der Waals surface area contributed by atoms with Crippen LogP contribution in [0.3, 0.4) is 0 Å². The van der Waals surface area contributed by atoms with Crippen LogP contribution in [0.1, 0.15) is 18.1 Å². The summed E-state index contributed by atoms with van der Waals surface area (Å²) in [6.07, 6.45) is 0. The fourth-order valence-electron chi connectivity index (χ4n) is 3.12. The average Bonchev–Trinajstić information content (AvgIpc) is 2.68. The lowest BCUT2D eigenvalue weighted by Gasteiger charge is -2.42. The third-order valence-corrected chi connectivity index (χ3v) is 6.20. The summed E-state index contributed by atoms with van der Waals surface area (Å²) < 4.78 is 11.7. The molecule has 2 atom stereocenters. The van der Waals surface area contributed by atoms with Crippen molar-refractivity contribution >= 4 is 39.1 Å². The molecule has 2 aromatic carbocycles. The van der Waals surface area contributed by atoms with Crippen molar-refractivity contribution in [3.8, 4) is 11.5 Å². The van der Waals surface area contributed by atoms with Gasteiger partial charge in [-0.2, -0.15) is 0 Å². The van der Waals surface area contributed by atoms with Crippen LogP contribution < -0.4 is 9.47 Å². The Morgan fingerprint density at radius 1 is 1.00 bits per heavy atom. The molecule has 0 bridgehead atoms. The number of hydrogen-bond donors (Lipinski definition) is 0. The van der Waals surface area contributed by atoms with Crippen LogP contribution in [0.4, 0.5) is 0 Å². The Balaban J connectivity index is 1.98. The van der Waals surface area contributed by atoms with E-state index in [1.165, 1.54) is 0 Å². The first-order chi connectivity index (χ1) is 9.94. The van der Waals surface area contributed by atoms with Crippen molar-refractivity contribution in [1.82, 2.24) is 0 Å². The number of halogens is 3. The highest BCUT2D eigenvalue weighted by Gasteiger charge is 2.61. The number of benzene rings is 2. The van der Waals surface area contributed by atoms with Crippen LogP contribution in [-0.4, -0.2) is 6.61 Å². The van der Waals surface area contributed by atoms with Crippen LogP contribution in [0.25, 0.3) is 0 Å². The van der Waals surface area contributed by atoms with Gasteiger partial charge in [0.15, 0.2) is 5.60 Å². The average molecular weight is 386 g/mol. The van der Waals surface area contributed by atoms with Crippen LogP contribution in [0, 0.1) is 0 Å². The molecule has 0 aliphatic carbocycles. The molecule has 5 heteroatoms.